The second kappa shape index (κ2) is 10.2. The zero-order chi connectivity index (χ0) is 25.0. The highest BCUT2D eigenvalue weighted by atomic mass is 32.2. The third kappa shape index (κ3) is 5.47. The van der Waals surface area contributed by atoms with Gasteiger partial charge in [0.25, 0.3) is 5.91 Å². The molecule has 3 aromatic rings. The van der Waals surface area contributed by atoms with Gasteiger partial charge in [-0.25, -0.2) is 12.8 Å². The fraction of sp³-hybridized carbons (Fsp3) is 0.208. The number of halogens is 1. The Hall–Kier alpha value is -3.83. The molecule has 0 bridgehead atoms. The lowest BCUT2D eigenvalue weighted by Gasteiger charge is -2.20. The zero-order valence-electron chi connectivity index (χ0n) is 18.5. The van der Waals surface area contributed by atoms with Gasteiger partial charge in [0.1, 0.15) is 5.82 Å². The summed E-state index contributed by atoms with van der Waals surface area (Å²) < 4.78 is 46.1. The molecule has 0 saturated carbocycles. The molecule has 35 heavy (non-hydrogen) atoms. The average molecular weight is 500 g/mol. The standard InChI is InChI=1S/C24H22FN3O6S/c25-18-8-10-19(11-9-18)26-24(29)23(17-6-2-1-3-7-17)34-22-13-12-20(16-21(22)28(30)31)35(32,33)27-14-4-5-15-27/h1-3,6-13,16,23H,4-5,14-15H2,(H,26,29). The van der Waals surface area contributed by atoms with E-state index in [2.05, 4.69) is 5.32 Å². The second-order valence-electron chi connectivity index (χ2n) is 7.90. The van der Waals surface area contributed by atoms with Crippen LogP contribution in [0.25, 0.3) is 0 Å². The topological polar surface area (TPSA) is 119 Å². The number of carbonyl (C=O) groups excluding carboxylic acids is 1. The first-order chi connectivity index (χ1) is 16.8. The summed E-state index contributed by atoms with van der Waals surface area (Å²) >= 11 is 0. The molecule has 1 saturated heterocycles. The maximum absolute atomic E-state index is 13.2. The van der Waals surface area contributed by atoms with E-state index in [1.165, 1.54) is 40.7 Å². The average Bonchev–Trinajstić information content (AvgIpc) is 3.40. The molecular weight excluding hydrogens is 477 g/mol. The van der Waals surface area contributed by atoms with Crippen molar-refractivity contribution in [2.45, 2.75) is 23.8 Å². The number of nitro groups is 1. The molecule has 0 radical (unpaired) electrons. The van der Waals surface area contributed by atoms with E-state index in [1.54, 1.807) is 30.3 Å². The number of nitrogens with one attached hydrogen (secondary N) is 1. The summed E-state index contributed by atoms with van der Waals surface area (Å²) in [5.74, 6) is -1.39. The molecule has 0 spiro atoms. The number of nitrogens with zero attached hydrogens (tertiary/aromatic N) is 2. The smallest absolute Gasteiger partial charge is 0.312 e. The summed E-state index contributed by atoms with van der Waals surface area (Å²) in [6, 6.07) is 16.8. The second-order valence-corrected chi connectivity index (χ2v) is 9.84. The summed E-state index contributed by atoms with van der Waals surface area (Å²) in [5.41, 5.74) is 0.137. The van der Waals surface area contributed by atoms with Gasteiger partial charge in [-0.3, -0.25) is 14.9 Å². The van der Waals surface area contributed by atoms with Gasteiger partial charge in [-0.05, 0) is 49.2 Å². The molecule has 1 aliphatic rings. The van der Waals surface area contributed by atoms with E-state index in [0.29, 0.717) is 24.3 Å². The Labute approximate surface area is 201 Å². The Morgan fingerprint density at radius 1 is 1.03 bits per heavy atom. The highest BCUT2D eigenvalue weighted by Gasteiger charge is 2.31. The number of hydrogen-bond acceptors (Lipinski definition) is 6. The van der Waals surface area contributed by atoms with Crippen molar-refractivity contribution < 1.29 is 27.3 Å². The van der Waals surface area contributed by atoms with E-state index in [4.69, 9.17) is 4.74 Å². The van der Waals surface area contributed by atoms with Gasteiger partial charge in [0.15, 0.2) is 5.75 Å². The van der Waals surface area contributed by atoms with E-state index in [0.717, 1.165) is 18.9 Å². The lowest BCUT2D eigenvalue weighted by atomic mass is 10.1. The molecule has 1 fully saturated rings. The van der Waals surface area contributed by atoms with Crippen LogP contribution in [0.15, 0.2) is 77.7 Å². The van der Waals surface area contributed by atoms with E-state index < -0.39 is 38.5 Å². The van der Waals surface area contributed by atoms with Gasteiger partial charge in [0.2, 0.25) is 16.1 Å². The van der Waals surface area contributed by atoms with Crippen molar-refractivity contribution in [2.24, 2.45) is 0 Å². The normalized spacial score (nSPS) is 14.9. The minimum Gasteiger partial charge on any atom is -0.469 e. The monoisotopic (exact) mass is 499 g/mol. The Kier molecular flexibility index (Phi) is 7.08. The molecule has 1 amide bonds. The Bertz CT molecular complexity index is 1330. The fourth-order valence-corrected chi connectivity index (χ4v) is 5.28. The van der Waals surface area contributed by atoms with Crippen LogP contribution >= 0.6 is 0 Å². The summed E-state index contributed by atoms with van der Waals surface area (Å²) in [4.78, 5) is 23.9. The van der Waals surface area contributed by atoms with Gasteiger partial charge in [-0.2, -0.15) is 4.31 Å². The van der Waals surface area contributed by atoms with Crippen molar-refractivity contribution in [1.82, 2.24) is 4.31 Å². The van der Waals surface area contributed by atoms with Gasteiger partial charge in [-0.1, -0.05) is 30.3 Å². The number of anilines is 1. The molecule has 9 nitrogen and oxygen atoms in total. The molecule has 0 aliphatic carbocycles. The molecule has 0 aromatic heterocycles. The number of carbonyl (C=O) groups is 1. The third-order valence-electron chi connectivity index (χ3n) is 5.53. The highest BCUT2D eigenvalue weighted by molar-refractivity contribution is 7.89. The number of rotatable bonds is 8. The Morgan fingerprint density at radius 3 is 2.31 bits per heavy atom. The van der Waals surface area contributed by atoms with Crippen LogP contribution in [0.5, 0.6) is 5.75 Å². The van der Waals surface area contributed by atoms with Crippen LogP contribution in [0, 0.1) is 15.9 Å². The maximum atomic E-state index is 13.2. The number of sulfonamides is 1. The molecule has 4 rings (SSSR count). The quantitative estimate of drug-likeness (QED) is 0.365. The molecule has 1 aliphatic heterocycles. The molecule has 1 heterocycles. The van der Waals surface area contributed by atoms with Crippen molar-refractivity contribution in [3.8, 4) is 5.75 Å². The van der Waals surface area contributed by atoms with E-state index in [9.17, 15) is 27.7 Å². The lowest BCUT2D eigenvalue weighted by Crippen LogP contribution is -2.28. The Morgan fingerprint density at radius 2 is 1.69 bits per heavy atom. The van der Waals surface area contributed by atoms with E-state index >= 15 is 0 Å². The number of nitro benzene ring substituents is 1. The molecule has 3 aromatic carbocycles. The van der Waals surface area contributed by atoms with Crippen LogP contribution < -0.4 is 10.1 Å². The molecule has 1 atom stereocenters. The number of hydrogen-bond donors (Lipinski definition) is 1. The lowest BCUT2D eigenvalue weighted by molar-refractivity contribution is -0.386. The van der Waals surface area contributed by atoms with Crippen LogP contribution in [0.4, 0.5) is 15.8 Å². The van der Waals surface area contributed by atoms with Crippen LogP contribution in [-0.2, 0) is 14.8 Å². The fourth-order valence-electron chi connectivity index (χ4n) is 3.75. The first kappa shape index (κ1) is 24.3. The van der Waals surface area contributed by atoms with Gasteiger partial charge in [0.05, 0.1) is 9.82 Å². The van der Waals surface area contributed by atoms with Crippen molar-refractivity contribution in [3.05, 3.63) is 94.3 Å². The van der Waals surface area contributed by atoms with Crippen LogP contribution in [0.3, 0.4) is 0 Å². The molecule has 1 unspecified atom stereocenters. The highest BCUT2D eigenvalue weighted by Crippen LogP contribution is 2.35. The van der Waals surface area contributed by atoms with Gasteiger partial charge in [0, 0.05) is 30.4 Å². The molecule has 11 heteroatoms. The SMILES string of the molecule is O=C(Nc1ccc(F)cc1)C(Oc1ccc(S(=O)(=O)N2CCCC2)cc1[N+](=O)[O-])c1ccccc1. The zero-order valence-corrected chi connectivity index (χ0v) is 19.3. The molecule has 182 valence electrons. The van der Waals surface area contributed by atoms with Crippen LogP contribution in [-0.4, -0.2) is 36.6 Å². The van der Waals surface area contributed by atoms with Crippen molar-refractivity contribution >= 4 is 27.3 Å². The minimum atomic E-state index is -3.89. The number of ether oxygens (including phenoxy) is 1. The first-order valence-electron chi connectivity index (χ1n) is 10.8. The van der Waals surface area contributed by atoms with Gasteiger partial charge < -0.3 is 10.1 Å². The van der Waals surface area contributed by atoms with Crippen LogP contribution in [0.1, 0.15) is 24.5 Å². The largest absolute Gasteiger partial charge is 0.469 e. The van der Waals surface area contributed by atoms with Gasteiger partial charge in [-0.15, -0.1) is 0 Å². The van der Waals surface area contributed by atoms with E-state index in [-0.39, 0.29) is 10.6 Å². The number of benzene rings is 3. The minimum absolute atomic E-state index is 0.217. The third-order valence-corrected chi connectivity index (χ3v) is 7.42. The summed E-state index contributed by atoms with van der Waals surface area (Å²) in [6.45, 7) is 0.710. The summed E-state index contributed by atoms with van der Waals surface area (Å²) in [5, 5.41) is 14.4. The van der Waals surface area contributed by atoms with Crippen molar-refractivity contribution in [3.63, 3.8) is 0 Å². The van der Waals surface area contributed by atoms with E-state index in [1.807, 2.05) is 0 Å². The summed E-state index contributed by atoms with van der Waals surface area (Å²) in [7, 11) is -3.89. The van der Waals surface area contributed by atoms with Crippen molar-refractivity contribution in [1.29, 1.82) is 0 Å². The van der Waals surface area contributed by atoms with Gasteiger partial charge >= 0.3 is 5.69 Å². The van der Waals surface area contributed by atoms with Crippen molar-refractivity contribution in [2.75, 3.05) is 18.4 Å². The number of amides is 1. The maximum Gasteiger partial charge on any atom is 0.312 e. The molecular formula is C24H22FN3O6S. The Balaban J connectivity index is 1.67. The van der Waals surface area contributed by atoms with Crippen LogP contribution in [0.2, 0.25) is 0 Å². The predicted octanol–water partition coefficient (Wildman–Crippen LogP) is 4.28. The summed E-state index contributed by atoms with van der Waals surface area (Å²) in [6.07, 6.45) is 0.149. The predicted molar refractivity (Wildman–Crippen MR) is 126 cm³/mol. The molecule has 1 N–H and O–H groups in total. The first-order valence-corrected chi connectivity index (χ1v) is 12.3.